The zero-order valence-electron chi connectivity index (χ0n) is 19.4. The molecule has 0 aliphatic rings. The van der Waals surface area contributed by atoms with Gasteiger partial charge in [0.15, 0.2) is 5.78 Å². The highest BCUT2D eigenvalue weighted by atomic mass is 16.1. The molecule has 140 valence electrons. The van der Waals surface area contributed by atoms with Crippen LogP contribution in [0.25, 0.3) is 22.0 Å². The van der Waals surface area contributed by atoms with Gasteiger partial charge in [0, 0.05) is 35.5 Å². The fourth-order valence-electron chi connectivity index (χ4n) is 3.17. The van der Waals surface area contributed by atoms with Gasteiger partial charge < -0.3 is 4.57 Å². The van der Waals surface area contributed by atoms with Crippen LogP contribution in [0.4, 0.5) is 0 Å². The first-order chi connectivity index (χ1) is 14.7. The van der Waals surface area contributed by atoms with Gasteiger partial charge in [-0.25, -0.2) is 4.98 Å². The molecular weight excluding hydrogens is 346 g/mol. The third-order valence-corrected chi connectivity index (χ3v) is 5.17. The topological polar surface area (TPSA) is 47.8 Å². The van der Waals surface area contributed by atoms with Crippen LogP contribution in [0.3, 0.4) is 0 Å². The summed E-state index contributed by atoms with van der Waals surface area (Å²) in [5, 5.41) is 1.91. The first kappa shape index (κ1) is 14.7. The summed E-state index contributed by atoms with van der Waals surface area (Å²) in [6.07, 6.45) is 3.55. The Morgan fingerprint density at radius 2 is 1.86 bits per heavy atom. The largest absolute Gasteiger partial charge is 0.331 e. The van der Waals surface area contributed by atoms with Gasteiger partial charge in [-0.15, -0.1) is 0 Å². The van der Waals surface area contributed by atoms with E-state index in [1.54, 1.807) is 20.0 Å². The zero-order chi connectivity index (χ0) is 22.4. The zero-order valence-corrected chi connectivity index (χ0v) is 16.4. The van der Waals surface area contributed by atoms with Gasteiger partial charge in [-0.3, -0.25) is 9.78 Å². The molecule has 0 amide bonds. The standard InChI is InChI=1S/C24H23N3O/c1-15-5-6-19(9-16(15)2)24(28)12-22-11-21-10-18(7-8-20(21)13-26-22)23-14-25-17(3)27(23)4/h5-11,13-14H,12H2,1-4H3/i5D,6D,9D. The average molecular weight is 372 g/mol. The summed E-state index contributed by atoms with van der Waals surface area (Å²) in [6, 6.07) is 7.77. The molecule has 0 atom stereocenters. The maximum absolute atomic E-state index is 13.0. The Morgan fingerprint density at radius 3 is 2.61 bits per heavy atom. The summed E-state index contributed by atoms with van der Waals surface area (Å²) in [5.41, 5.74) is 3.72. The summed E-state index contributed by atoms with van der Waals surface area (Å²) < 4.78 is 26.6. The van der Waals surface area contributed by atoms with Gasteiger partial charge in [-0.05, 0) is 55.5 Å². The van der Waals surface area contributed by atoms with Crippen LogP contribution in [-0.2, 0) is 13.5 Å². The van der Waals surface area contributed by atoms with Crippen molar-refractivity contribution in [1.29, 1.82) is 0 Å². The lowest BCUT2D eigenvalue weighted by atomic mass is 10.00. The number of ketones is 1. The third-order valence-electron chi connectivity index (χ3n) is 5.17. The van der Waals surface area contributed by atoms with Crippen molar-refractivity contribution < 1.29 is 8.91 Å². The van der Waals surface area contributed by atoms with Crippen LogP contribution in [0.5, 0.6) is 0 Å². The van der Waals surface area contributed by atoms with Gasteiger partial charge in [-0.1, -0.05) is 24.2 Å². The van der Waals surface area contributed by atoms with Gasteiger partial charge in [0.25, 0.3) is 0 Å². The van der Waals surface area contributed by atoms with Gasteiger partial charge in [-0.2, -0.15) is 0 Å². The molecule has 4 aromatic rings. The number of Topliss-reactive ketones (excluding diaryl/α,β-unsaturated/α-hetero) is 1. The van der Waals surface area contributed by atoms with Crippen LogP contribution in [0, 0.1) is 20.8 Å². The first-order valence-corrected chi connectivity index (χ1v) is 9.16. The van der Waals surface area contributed by atoms with E-state index in [4.69, 9.17) is 4.11 Å². The maximum Gasteiger partial charge on any atom is 0.168 e. The molecule has 0 spiro atoms. The molecule has 0 aliphatic carbocycles. The van der Waals surface area contributed by atoms with Gasteiger partial charge >= 0.3 is 0 Å². The summed E-state index contributed by atoms with van der Waals surface area (Å²) >= 11 is 0. The number of aromatic nitrogens is 3. The van der Waals surface area contributed by atoms with Gasteiger partial charge in [0.1, 0.15) is 5.82 Å². The molecule has 0 fully saturated rings. The molecule has 4 rings (SSSR count). The van der Waals surface area contributed by atoms with Crippen molar-refractivity contribution in [3.63, 3.8) is 0 Å². The summed E-state index contributed by atoms with van der Waals surface area (Å²) in [7, 11) is 1.97. The van der Waals surface area contributed by atoms with Crippen LogP contribution in [-0.4, -0.2) is 20.3 Å². The Labute approximate surface area is 169 Å². The highest BCUT2D eigenvalue weighted by Crippen LogP contribution is 2.25. The van der Waals surface area contributed by atoms with Gasteiger partial charge in [0.2, 0.25) is 0 Å². The number of rotatable bonds is 4. The minimum atomic E-state index is -0.364. The highest BCUT2D eigenvalue weighted by Gasteiger charge is 2.11. The molecule has 2 aromatic heterocycles. The lowest BCUT2D eigenvalue weighted by Crippen LogP contribution is -2.05. The van der Waals surface area contributed by atoms with Crippen molar-refractivity contribution in [3.8, 4) is 11.3 Å². The molecule has 0 bridgehead atoms. The maximum atomic E-state index is 13.0. The number of imidazole rings is 1. The van der Waals surface area contributed by atoms with Crippen LogP contribution >= 0.6 is 0 Å². The monoisotopic (exact) mass is 372 g/mol. The van der Waals surface area contributed by atoms with Crippen molar-refractivity contribution in [2.75, 3.05) is 0 Å². The molecule has 0 N–H and O–H groups in total. The Morgan fingerprint density at radius 1 is 1.04 bits per heavy atom. The van der Waals surface area contributed by atoms with Crippen molar-refractivity contribution in [3.05, 3.63) is 83.0 Å². The minimum Gasteiger partial charge on any atom is -0.331 e. The van der Waals surface area contributed by atoms with Crippen LogP contribution in [0.15, 0.2) is 54.8 Å². The van der Waals surface area contributed by atoms with Crippen molar-refractivity contribution in [2.45, 2.75) is 27.2 Å². The van der Waals surface area contributed by atoms with E-state index >= 15 is 0 Å². The first-order valence-electron chi connectivity index (χ1n) is 10.7. The van der Waals surface area contributed by atoms with Crippen LogP contribution in [0.1, 0.15) is 37.1 Å². The number of hydrogen-bond donors (Lipinski definition) is 0. The molecule has 0 radical (unpaired) electrons. The molecule has 0 aliphatic heterocycles. The highest BCUT2D eigenvalue weighted by molar-refractivity contribution is 5.98. The number of hydrogen-bond acceptors (Lipinski definition) is 3. The fourth-order valence-corrected chi connectivity index (χ4v) is 3.17. The second kappa shape index (κ2) is 7.04. The minimum absolute atomic E-state index is 0.000525. The van der Waals surface area contributed by atoms with E-state index < -0.39 is 0 Å². The summed E-state index contributed by atoms with van der Waals surface area (Å²) in [6.45, 7) is 5.37. The van der Waals surface area contributed by atoms with Crippen molar-refractivity contribution >= 4 is 16.6 Å². The molecule has 2 aromatic carbocycles. The van der Waals surface area contributed by atoms with Crippen LogP contribution in [0.2, 0.25) is 0 Å². The quantitative estimate of drug-likeness (QED) is 0.474. The molecule has 28 heavy (non-hydrogen) atoms. The van der Waals surface area contributed by atoms with Crippen molar-refractivity contribution in [1.82, 2.24) is 14.5 Å². The number of pyridine rings is 1. The Bertz CT molecular complexity index is 1330. The van der Waals surface area contributed by atoms with E-state index in [9.17, 15) is 4.79 Å². The second-order valence-electron chi connectivity index (χ2n) is 7.09. The molecule has 0 saturated heterocycles. The smallest absolute Gasteiger partial charge is 0.168 e. The third kappa shape index (κ3) is 3.33. The average Bonchev–Trinajstić information content (AvgIpc) is 3.09. The summed E-state index contributed by atoms with van der Waals surface area (Å²) in [4.78, 5) is 21.7. The molecular formula is C24H23N3O. The number of benzene rings is 2. The van der Waals surface area contributed by atoms with Crippen molar-refractivity contribution in [2.24, 2.45) is 7.05 Å². The number of nitrogens with zero attached hydrogens (tertiary/aromatic N) is 3. The van der Waals surface area contributed by atoms with E-state index in [1.165, 1.54) is 0 Å². The van der Waals surface area contributed by atoms with E-state index in [1.807, 2.05) is 49.0 Å². The Balaban J connectivity index is 1.71. The lowest BCUT2D eigenvalue weighted by Gasteiger charge is -2.08. The Kier molecular flexibility index (Phi) is 3.71. The Hall–Kier alpha value is -3.27. The number of fused-ring (bicyclic) bond motifs is 1. The predicted molar refractivity (Wildman–Crippen MR) is 113 cm³/mol. The predicted octanol–water partition coefficient (Wildman–Crippen LogP) is 4.99. The SMILES string of the molecule is [2H]c1c([2H])c(C(=O)Cc2cc3cc(-c4cnc(C)n4C)ccc3cn2)c([2H])c(C)c1C. The second-order valence-corrected chi connectivity index (χ2v) is 7.09. The lowest BCUT2D eigenvalue weighted by molar-refractivity contribution is 0.0992. The molecule has 4 nitrogen and oxygen atoms in total. The van der Waals surface area contributed by atoms with E-state index in [0.29, 0.717) is 16.8 Å². The normalized spacial score (nSPS) is 12.6. The number of carbonyl (C=O) groups is 1. The summed E-state index contributed by atoms with van der Waals surface area (Å²) in [5.74, 6) is 0.563. The molecule has 0 saturated carbocycles. The van der Waals surface area contributed by atoms with Gasteiger partial charge in [0.05, 0.1) is 22.4 Å². The molecule has 4 heteroatoms. The fraction of sp³-hybridized carbons (Fsp3) is 0.208. The van der Waals surface area contributed by atoms with E-state index in [2.05, 4.69) is 9.97 Å². The van der Waals surface area contributed by atoms with Crippen LogP contribution < -0.4 is 0 Å². The molecule has 2 heterocycles. The van der Waals surface area contributed by atoms with E-state index in [-0.39, 0.29) is 35.9 Å². The van der Waals surface area contributed by atoms with E-state index in [0.717, 1.165) is 27.9 Å². The molecule has 0 unspecified atom stereocenters. The number of carbonyl (C=O) groups excluding carboxylic acids is 1. The number of aryl methyl sites for hydroxylation is 1.